The van der Waals surface area contributed by atoms with Crippen LogP contribution in [-0.2, 0) is 11.5 Å². The third kappa shape index (κ3) is 5.44. The molecule has 0 fully saturated rings. The van der Waals surface area contributed by atoms with Gasteiger partial charge in [0.25, 0.3) is 0 Å². The molecule has 0 radical (unpaired) electrons. The monoisotopic (exact) mass is 596 g/mol. The molecule has 0 aliphatic heterocycles. The Morgan fingerprint density at radius 1 is 0.643 bits per heavy atom. The molecular weight excluding hydrogens is 565 g/mol. The zero-order valence-corrected chi connectivity index (χ0v) is 26.1. The number of thioether (sulfide) groups is 2. The molecule has 0 saturated carbocycles. The van der Waals surface area contributed by atoms with Crippen LogP contribution in [0.1, 0.15) is 33.6 Å². The summed E-state index contributed by atoms with van der Waals surface area (Å²) in [7, 11) is 3.40. The highest BCUT2D eigenvalue weighted by molar-refractivity contribution is 7.98. The molecule has 0 unspecified atom stereocenters. The summed E-state index contributed by atoms with van der Waals surface area (Å²) in [6.07, 6.45) is 3.73. The lowest BCUT2D eigenvalue weighted by Gasteiger charge is -2.11. The van der Waals surface area contributed by atoms with Crippen molar-refractivity contribution in [3.63, 3.8) is 0 Å². The molecule has 2 aromatic carbocycles. The Hall–Kier alpha value is -4.02. The van der Waals surface area contributed by atoms with Gasteiger partial charge in [0.1, 0.15) is 11.5 Å². The van der Waals surface area contributed by atoms with Gasteiger partial charge in [0.05, 0.1) is 47.7 Å². The van der Waals surface area contributed by atoms with Crippen molar-refractivity contribution in [3.05, 3.63) is 82.4 Å². The van der Waals surface area contributed by atoms with E-state index in [2.05, 4.69) is 70.2 Å². The Bertz CT molecular complexity index is 1790. The number of pyridine rings is 2. The summed E-state index contributed by atoms with van der Waals surface area (Å²) in [4.78, 5) is 25.8. The highest BCUT2D eigenvalue weighted by atomic mass is 32.2. The van der Waals surface area contributed by atoms with Crippen LogP contribution in [0.25, 0.3) is 33.2 Å². The number of hydrogen-bond donors (Lipinski definition) is 2. The van der Waals surface area contributed by atoms with Crippen molar-refractivity contribution in [2.75, 3.05) is 14.2 Å². The quantitative estimate of drug-likeness (QED) is 0.164. The van der Waals surface area contributed by atoms with E-state index in [1.807, 2.05) is 26.2 Å². The average molecular weight is 597 g/mol. The number of nitrogens with zero attached hydrogens (tertiary/aromatic N) is 4. The van der Waals surface area contributed by atoms with Crippen LogP contribution in [0.3, 0.4) is 0 Å². The molecule has 0 amide bonds. The topological polar surface area (TPSA) is 102 Å². The fourth-order valence-corrected chi connectivity index (χ4v) is 6.99. The smallest absolute Gasteiger partial charge is 0.166 e. The fourth-order valence-electron chi connectivity index (χ4n) is 5.17. The lowest BCUT2D eigenvalue weighted by molar-refractivity contribution is 0.407. The van der Waals surface area contributed by atoms with Gasteiger partial charge >= 0.3 is 0 Å². The molecule has 0 atom stereocenters. The largest absolute Gasteiger partial charge is 0.496 e. The van der Waals surface area contributed by atoms with Gasteiger partial charge in [-0.2, -0.15) is 0 Å². The molecule has 10 heteroatoms. The molecule has 42 heavy (non-hydrogen) atoms. The van der Waals surface area contributed by atoms with Gasteiger partial charge in [0.15, 0.2) is 10.3 Å². The predicted octanol–water partition coefficient (Wildman–Crippen LogP) is 7.73. The minimum atomic E-state index is 0.707. The normalized spacial score (nSPS) is 11.5. The van der Waals surface area contributed by atoms with Gasteiger partial charge in [-0.15, -0.1) is 0 Å². The fraction of sp³-hybridized carbons (Fsp3) is 0.250. The van der Waals surface area contributed by atoms with Crippen LogP contribution in [0.4, 0.5) is 0 Å². The van der Waals surface area contributed by atoms with Crippen LogP contribution in [-0.4, -0.2) is 44.1 Å². The number of benzene rings is 2. The van der Waals surface area contributed by atoms with Crippen molar-refractivity contribution in [2.24, 2.45) is 0 Å². The SMILES string of the molecule is COc1c(C)cnc(CSc2nc3ccc(-c4ccc5nc(SCc6ncc(C)c(OC)c6C)[nH]c5c4)cc3[nH]2)c1C. The Morgan fingerprint density at radius 3 is 1.48 bits per heavy atom. The predicted molar refractivity (Wildman–Crippen MR) is 171 cm³/mol. The van der Waals surface area contributed by atoms with Crippen LogP contribution >= 0.6 is 23.5 Å². The van der Waals surface area contributed by atoms with Gasteiger partial charge in [0, 0.05) is 46.2 Å². The van der Waals surface area contributed by atoms with Crippen LogP contribution in [0.15, 0.2) is 59.1 Å². The summed E-state index contributed by atoms with van der Waals surface area (Å²) in [6.45, 7) is 8.13. The Morgan fingerprint density at radius 2 is 1.07 bits per heavy atom. The highest BCUT2D eigenvalue weighted by Crippen LogP contribution is 2.32. The second kappa shape index (κ2) is 11.7. The summed E-state index contributed by atoms with van der Waals surface area (Å²) in [5, 5.41) is 1.73. The van der Waals surface area contributed by atoms with E-state index in [1.54, 1.807) is 37.7 Å². The van der Waals surface area contributed by atoms with E-state index >= 15 is 0 Å². The molecule has 4 aromatic heterocycles. The van der Waals surface area contributed by atoms with E-state index in [4.69, 9.17) is 19.4 Å². The minimum Gasteiger partial charge on any atom is -0.496 e. The van der Waals surface area contributed by atoms with E-state index in [-0.39, 0.29) is 0 Å². The van der Waals surface area contributed by atoms with E-state index in [1.165, 1.54) is 0 Å². The minimum absolute atomic E-state index is 0.707. The number of H-pyrrole nitrogens is 2. The summed E-state index contributed by atoms with van der Waals surface area (Å²) in [5.41, 5.74) is 12.3. The van der Waals surface area contributed by atoms with Gasteiger partial charge in [-0.25, -0.2) is 9.97 Å². The highest BCUT2D eigenvalue weighted by Gasteiger charge is 2.14. The Labute approximate surface area is 253 Å². The third-order valence-electron chi connectivity index (χ3n) is 7.44. The molecule has 4 heterocycles. The molecule has 214 valence electrons. The molecule has 0 saturated heterocycles. The summed E-state index contributed by atoms with van der Waals surface area (Å²) in [5.74, 6) is 3.21. The molecule has 6 rings (SSSR count). The van der Waals surface area contributed by atoms with E-state index in [0.717, 1.165) is 88.6 Å². The van der Waals surface area contributed by atoms with Gasteiger partial charge < -0.3 is 19.4 Å². The van der Waals surface area contributed by atoms with Gasteiger partial charge in [-0.1, -0.05) is 35.7 Å². The Balaban J connectivity index is 1.18. The van der Waals surface area contributed by atoms with Crippen LogP contribution in [0, 0.1) is 27.7 Å². The van der Waals surface area contributed by atoms with Gasteiger partial charge in [-0.3, -0.25) is 9.97 Å². The molecule has 0 aliphatic rings. The first kappa shape index (κ1) is 28.1. The number of aryl methyl sites for hydroxylation is 2. The van der Waals surface area contributed by atoms with Gasteiger partial charge in [-0.05, 0) is 63.1 Å². The van der Waals surface area contributed by atoms with Crippen LogP contribution in [0.2, 0.25) is 0 Å². The van der Waals surface area contributed by atoms with Crippen molar-refractivity contribution < 1.29 is 9.47 Å². The standard InChI is InChI=1S/C32H32N6O2S2/c1-17-13-33-27(19(3)29(17)39-5)15-41-31-35-23-9-7-21(11-25(23)37-31)22-8-10-24-26(12-22)38-32(36-24)42-16-28-20(4)30(40-6)18(2)14-34-28/h7-14H,15-16H2,1-6H3,(H,35,37)(H,36,38). The van der Waals surface area contributed by atoms with Crippen molar-refractivity contribution in [1.82, 2.24) is 29.9 Å². The number of imidazole rings is 2. The maximum atomic E-state index is 5.56. The van der Waals surface area contributed by atoms with Crippen molar-refractivity contribution in [1.29, 1.82) is 0 Å². The van der Waals surface area contributed by atoms with Crippen molar-refractivity contribution >= 4 is 45.6 Å². The second-order valence-corrected chi connectivity index (χ2v) is 12.1. The maximum Gasteiger partial charge on any atom is 0.166 e. The third-order valence-corrected chi connectivity index (χ3v) is 9.21. The van der Waals surface area contributed by atoms with E-state index in [0.29, 0.717) is 11.5 Å². The number of methoxy groups -OCH3 is 2. The first-order valence-corrected chi connectivity index (χ1v) is 15.6. The second-order valence-electron chi connectivity index (χ2n) is 10.2. The molecule has 6 aromatic rings. The molecule has 0 aliphatic carbocycles. The number of fused-ring (bicyclic) bond motifs is 2. The Kier molecular flexibility index (Phi) is 7.83. The summed E-state index contributed by atoms with van der Waals surface area (Å²) >= 11 is 3.28. The molecular formula is C32H32N6O2S2. The molecule has 8 nitrogen and oxygen atoms in total. The zero-order chi connectivity index (χ0) is 29.4. The number of rotatable bonds is 9. The maximum absolute atomic E-state index is 5.56. The number of aromatic nitrogens is 6. The lowest BCUT2D eigenvalue weighted by atomic mass is 10.0. The number of ether oxygens (including phenoxy) is 2. The summed E-state index contributed by atoms with van der Waals surface area (Å²) in [6, 6.07) is 12.6. The van der Waals surface area contributed by atoms with Crippen molar-refractivity contribution in [2.45, 2.75) is 49.5 Å². The first-order chi connectivity index (χ1) is 20.3. The van der Waals surface area contributed by atoms with Crippen LogP contribution in [0.5, 0.6) is 11.5 Å². The van der Waals surface area contributed by atoms with E-state index in [9.17, 15) is 0 Å². The molecule has 0 bridgehead atoms. The number of aromatic amines is 2. The number of hydrogen-bond acceptors (Lipinski definition) is 8. The average Bonchev–Trinajstić information content (AvgIpc) is 3.59. The number of nitrogens with one attached hydrogen (secondary N) is 2. The molecule has 2 N–H and O–H groups in total. The van der Waals surface area contributed by atoms with Gasteiger partial charge in [0.2, 0.25) is 0 Å². The van der Waals surface area contributed by atoms with Crippen LogP contribution < -0.4 is 9.47 Å². The van der Waals surface area contributed by atoms with E-state index < -0.39 is 0 Å². The lowest BCUT2D eigenvalue weighted by Crippen LogP contribution is -1.98. The molecule has 0 spiro atoms. The zero-order valence-electron chi connectivity index (χ0n) is 24.5. The summed E-state index contributed by atoms with van der Waals surface area (Å²) < 4.78 is 11.1. The van der Waals surface area contributed by atoms with Crippen molar-refractivity contribution in [3.8, 4) is 22.6 Å². The first-order valence-electron chi connectivity index (χ1n) is 13.6.